The molecule has 1 saturated heterocycles. The fourth-order valence-electron chi connectivity index (χ4n) is 3.59. The van der Waals surface area contributed by atoms with E-state index in [9.17, 15) is 9.59 Å². The first-order valence-corrected chi connectivity index (χ1v) is 10.9. The number of benzene rings is 3. The largest absolute Gasteiger partial charge is 0.493 e. The lowest BCUT2D eigenvalue weighted by molar-refractivity contribution is -0.125. The third-order valence-electron chi connectivity index (χ3n) is 5.36. The Kier molecular flexibility index (Phi) is 7.00. The molecule has 170 valence electrons. The Morgan fingerprint density at radius 2 is 1.82 bits per heavy atom. The standard InChI is InChI=1S/C25H24ClN3O4/c1-32-23-14-20(9-12-22(23)33-16-17-5-3-2-4-6-17)27-28-25(31)18-13-24(30)29(15-18)21-10-7-19(26)8-11-21/h2-12,14,18,27H,13,15-16H2,1H3,(H,28,31)/t18-/m1/s1. The normalized spacial score (nSPS) is 15.3. The molecule has 2 amide bonds. The molecule has 1 heterocycles. The van der Waals surface area contributed by atoms with E-state index in [1.807, 2.05) is 30.3 Å². The molecule has 1 fully saturated rings. The van der Waals surface area contributed by atoms with Crippen molar-refractivity contribution in [2.45, 2.75) is 13.0 Å². The van der Waals surface area contributed by atoms with Crippen LogP contribution in [0.25, 0.3) is 0 Å². The predicted molar refractivity (Wildman–Crippen MR) is 127 cm³/mol. The van der Waals surface area contributed by atoms with Crippen molar-refractivity contribution in [2.75, 3.05) is 24.0 Å². The number of carbonyl (C=O) groups excluding carboxylic acids is 2. The lowest BCUT2D eigenvalue weighted by atomic mass is 10.1. The van der Waals surface area contributed by atoms with E-state index in [0.29, 0.717) is 35.4 Å². The number of anilines is 2. The molecular formula is C25H24ClN3O4. The molecule has 1 aliphatic rings. The van der Waals surface area contributed by atoms with Gasteiger partial charge >= 0.3 is 0 Å². The molecule has 3 aromatic carbocycles. The van der Waals surface area contributed by atoms with Crippen LogP contribution in [0.2, 0.25) is 5.02 Å². The summed E-state index contributed by atoms with van der Waals surface area (Å²) in [5, 5.41) is 0.593. The first-order chi connectivity index (χ1) is 16.0. The fourth-order valence-corrected chi connectivity index (χ4v) is 3.72. The molecule has 7 nitrogen and oxygen atoms in total. The molecule has 0 bridgehead atoms. The van der Waals surface area contributed by atoms with Crippen molar-refractivity contribution in [1.29, 1.82) is 0 Å². The number of nitrogens with zero attached hydrogens (tertiary/aromatic N) is 1. The summed E-state index contributed by atoms with van der Waals surface area (Å²) < 4.78 is 11.3. The number of hydrazine groups is 1. The monoisotopic (exact) mass is 465 g/mol. The molecule has 0 radical (unpaired) electrons. The Labute approximate surface area is 197 Å². The minimum atomic E-state index is -0.462. The summed E-state index contributed by atoms with van der Waals surface area (Å²) in [4.78, 5) is 26.6. The van der Waals surface area contributed by atoms with Crippen LogP contribution in [0.5, 0.6) is 11.5 Å². The quantitative estimate of drug-likeness (QED) is 0.481. The Hall–Kier alpha value is -3.71. The van der Waals surface area contributed by atoms with Crippen molar-refractivity contribution >= 4 is 34.8 Å². The van der Waals surface area contributed by atoms with Crippen LogP contribution in [0.4, 0.5) is 11.4 Å². The van der Waals surface area contributed by atoms with Crippen molar-refractivity contribution in [2.24, 2.45) is 5.92 Å². The second-order valence-corrected chi connectivity index (χ2v) is 8.07. The molecular weight excluding hydrogens is 442 g/mol. The minimum absolute atomic E-state index is 0.0981. The van der Waals surface area contributed by atoms with E-state index in [4.69, 9.17) is 21.1 Å². The van der Waals surface area contributed by atoms with Crippen LogP contribution in [-0.4, -0.2) is 25.5 Å². The minimum Gasteiger partial charge on any atom is -0.493 e. The number of hydrogen-bond acceptors (Lipinski definition) is 5. The molecule has 2 N–H and O–H groups in total. The average molecular weight is 466 g/mol. The molecule has 1 aliphatic heterocycles. The van der Waals surface area contributed by atoms with Crippen LogP contribution >= 0.6 is 11.6 Å². The van der Waals surface area contributed by atoms with E-state index in [1.54, 1.807) is 54.5 Å². The molecule has 3 aromatic rings. The van der Waals surface area contributed by atoms with E-state index in [-0.39, 0.29) is 18.2 Å². The van der Waals surface area contributed by atoms with Gasteiger partial charge in [-0.05, 0) is 42.0 Å². The lowest BCUT2D eigenvalue weighted by Crippen LogP contribution is -2.36. The molecule has 33 heavy (non-hydrogen) atoms. The zero-order valence-electron chi connectivity index (χ0n) is 18.1. The number of amides is 2. The van der Waals surface area contributed by atoms with Crippen LogP contribution in [-0.2, 0) is 16.2 Å². The summed E-state index contributed by atoms with van der Waals surface area (Å²) in [5.41, 5.74) is 7.98. The summed E-state index contributed by atoms with van der Waals surface area (Å²) in [7, 11) is 1.56. The Morgan fingerprint density at radius 3 is 2.55 bits per heavy atom. The Bertz CT molecular complexity index is 1120. The smallest absolute Gasteiger partial charge is 0.243 e. The van der Waals surface area contributed by atoms with E-state index in [2.05, 4.69) is 10.9 Å². The third-order valence-corrected chi connectivity index (χ3v) is 5.62. The predicted octanol–water partition coefficient (Wildman–Crippen LogP) is 4.42. The van der Waals surface area contributed by atoms with Crippen LogP contribution in [0.1, 0.15) is 12.0 Å². The maximum atomic E-state index is 12.6. The van der Waals surface area contributed by atoms with Crippen LogP contribution in [0, 0.1) is 5.92 Å². The van der Waals surface area contributed by atoms with Gasteiger partial charge in [0, 0.05) is 29.7 Å². The van der Waals surface area contributed by atoms with E-state index in [0.717, 1.165) is 11.3 Å². The van der Waals surface area contributed by atoms with Gasteiger partial charge in [0.2, 0.25) is 11.8 Å². The first kappa shape index (κ1) is 22.5. The Balaban J connectivity index is 1.33. The first-order valence-electron chi connectivity index (χ1n) is 10.5. The highest BCUT2D eigenvalue weighted by molar-refractivity contribution is 6.30. The highest BCUT2D eigenvalue weighted by Crippen LogP contribution is 2.31. The van der Waals surface area contributed by atoms with Crippen LogP contribution < -0.4 is 25.2 Å². The van der Waals surface area contributed by atoms with Gasteiger partial charge in [-0.15, -0.1) is 0 Å². The van der Waals surface area contributed by atoms with Gasteiger partial charge in [0.1, 0.15) is 6.61 Å². The van der Waals surface area contributed by atoms with Gasteiger partial charge in [0.15, 0.2) is 11.5 Å². The number of methoxy groups -OCH3 is 1. The molecule has 8 heteroatoms. The van der Waals surface area contributed by atoms with Crippen molar-refractivity contribution in [3.05, 3.63) is 83.4 Å². The maximum absolute atomic E-state index is 12.6. The summed E-state index contributed by atoms with van der Waals surface area (Å²) in [6.07, 6.45) is 0.145. The van der Waals surface area contributed by atoms with Crippen molar-refractivity contribution < 1.29 is 19.1 Å². The number of rotatable bonds is 8. The van der Waals surface area contributed by atoms with Gasteiger partial charge in [0.25, 0.3) is 0 Å². The highest BCUT2D eigenvalue weighted by atomic mass is 35.5. The number of nitrogens with one attached hydrogen (secondary N) is 2. The fraction of sp³-hybridized carbons (Fsp3) is 0.200. The summed E-state index contributed by atoms with van der Waals surface area (Å²) in [6, 6.07) is 22.1. The topological polar surface area (TPSA) is 79.9 Å². The molecule has 4 rings (SSSR count). The maximum Gasteiger partial charge on any atom is 0.243 e. The number of carbonyl (C=O) groups is 2. The average Bonchev–Trinajstić information content (AvgIpc) is 3.24. The van der Waals surface area contributed by atoms with Crippen LogP contribution in [0.3, 0.4) is 0 Å². The molecule has 0 aromatic heterocycles. The van der Waals surface area contributed by atoms with Gasteiger partial charge in [-0.1, -0.05) is 41.9 Å². The van der Waals surface area contributed by atoms with Gasteiger partial charge in [0.05, 0.1) is 18.7 Å². The molecule has 0 aliphatic carbocycles. The van der Waals surface area contributed by atoms with Gasteiger partial charge in [-0.3, -0.25) is 20.4 Å². The zero-order valence-corrected chi connectivity index (χ0v) is 18.8. The number of hydrogen-bond donors (Lipinski definition) is 2. The van der Waals surface area contributed by atoms with Gasteiger partial charge < -0.3 is 14.4 Å². The number of ether oxygens (including phenoxy) is 2. The molecule has 0 saturated carbocycles. The molecule has 1 atom stereocenters. The zero-order chi connectivity index (χ0) is 23.2. The number of halogens is 1. The summed E-state index contributed by atoms with van der Waals surface area (Å²) in [6.45, 7) is 0.726. The molecule has 0 unspecified atom stereocenters. The Morgan fingerprint density at radius 1 is 1.06 bits per heavy atom. The van der Waals surface area contributed by atoms with Gasteiger partial charge in [-0.2, -0.15) is 0 Å². The van der Waals surface area contributed by atoms with Crippen molar-refractivity contribution in [1.82, 2.24) is 5.43 Å². The summed E-state index contributed by atoms with van der Waals surface area (Å²) >= 11 is 5.92. The van der Waals surface area contributed by atoms with E-state index in [1.165, 1.54) is 0 Å². The lowest BCUT2D eigenvalue weighted by Gasteiger charge is -2.17. The van der Waals surface area contributed by atoms with Gasteiger partial charge in [-0.25, -0.2) is 0 Å². The highest BCUT2D eigenvalue weighted by Gasteiger charge is 2.35. The van der Waals surface area contributed by atoms with Crippen molar-refractivity contribution in [3.63, 3.8) is 0 Å². The van der Waals surface area contributed by atoms with Crippen molar-refractivity contribution in [3.8, 4) is 11.5 Å². The summed E-state index contributed by atoms with van der Waals surface area (Å²) in [5.74, 6) is 0.312. The molecule has 0 spiro atoms. The second kappa shape index (κ2) is 10.3. The second-order valence-electron chi connectivity index (χ2n) is 7.64. The van der Waals surface area contributed by atoms with E-state index < -0.39 is 5.92 Å². The van der Waals surface area contributed by atoms with Crippen LogP contribution in [0.15, 0.2) is 72.8 Å². The third kappa shape index (κ3) is 5.56. The SMILES string of the molecule is COc1cc(NNC(=O)[C@@H]2CC(=O)N(c3ccc(Cl)cc3)C2)ccc1OCc1ccccc1. The van der Waals surface area contributed by atoms with E-state index >= 15 is 0 Å².